The van der Waals surface area contributed by atoms with Gasteiger partial charge < -0.3 is 15.4 Å². The average Bonchev–Trinajstić information content (AvgIpc) is 2.61. The van der Waals surface area contributed by atoms with E-state index in [4.69, 9.17) is 4.74 Å². The third-order valence-corrected chi connectivity index (χ3v) is 3.60. The molecule has 0 bridgehead atoms. The summed E-state index contributed by atoms with van der Waals surface area (Å²) in [5.74, 6) is -0.607. The number of anilines is 1. The van der Waals surface area contributed by atoms with Crippen LogP contribution in [-0.4, -0.2) is 24.0 Å². The van der Waals surface area contributed by atoms with Crippen LogP contribution in [0, 0.1) is 5.82 Å². The summed E-state index contributed by atoms with van der Waals surface area (Å²) in [7, 11) is 0. The van der Waals surface area contributed by atoms with Gasteiger partial charge in [0.1, 0.15) is 11.6 Å². The van der Waals surface area contributed by atoms with Gasteiger partial charge in [-0.2, -0.15) is 0 Å². The molecule has 1 atom stereocenters. The SMILES string of the molecule is CC[C@H](Oc1ccc(F)cc1)C(=O)Nc1ccccc1C(=O)NC(C)C. The van der Waals surface area contributed by atoms with Crippen molar-refractivity contribution in [3.63, 3.8) is 0 Å². The predicted molar refractivity (Wildman–Crippen MR) is 98.8 cm³/mol. The highest BCUT2D eigenvalue weighted by Crippen LogP contribution is 2.18. The molecule has 0 aliphatic heterocycles. The maximum Gasteiger partial charge on any atom is 0.265 e. The standard InChI is InChI=1S/C20H23FN2O3/c1-4-18(26-15-11-9-14(21)10-12-15)20(25)23-17-8-6-5-7-16(17)19(24)22-13(2)3/h5-13,18H,4H2,1-3H3,(H,22,24)(H,23,25)/t18-/m0/s1. The zero-order chi connectivity index (χ0) is 19.1. The second-order valence-corrected chi connectivity index (χ2v) is 6.13. The van der Waals surface area contributed by atoms with Gasteiger partial charge in [0.15, 0.2) is 6.10 Å². The van der Waals surface area contributed by atoms with Crippen LogP contribution in [0.2, 0.25) is 0 Å². The van der Waals surface area contributed by atoms with Crippen LogP contribution in [0.4, 0.5) is 10.1 Å². The third kappa shape index (κ3) is 5.31. The van der Waals surface area contributed by atoms with Gasteiger partial charge in [-0.05, 0) is 56.7 Å². The minimum absolute atomic E-state index is 0.0172. The smallest absolute Gasteiger partial charge is 0.265 e. The monoisotopic (exact) mass is 358 g/mol. The number of benzene rings is 2. The Kier molecular flexibility index (Phi) is 6.72. The summed E-state index contributed by atoms with van der Waals surface area (Å²) in [6.07, 6.45) is -0.342. The predicted octanol–water partition coefficient (Wildman–Crippen LogP) is 3.76. The molecule has 2 amide bonds. The summed E-state index contributed by atoms with van der Waals surface area (Å²) in [5.41, 5.74) is 0.794. The van der Waals surface area contributed by atoms with E-state index in [1.165, 1.54) is 24.3 Å². The van der Waals surface area contributed by atoms with Crippen molar-refractivity contribution in [1.29, 1.82) is 0 Å². The molecule has 138 valence electrons. The lowest BCUT2D eigenvalue weighted by Crippen LogP contribution is -2.34. The number of rotatable bonds is 7. The molecule has 0 heterocycles. The van der Waals surface area contributed by atoms with Crippen molar-refractivity contribution < 1.29 is 18.7 Å². The Morgan fingerprint density at radius 3 is 2.35 bits per heavy atom. The number of amides is 2. The van der Waals surface area contributed by atoms with Crippen LogP contribution < -0.4 is 15.4 Å². The lowest BCUT2D eigenvalue weighted by Gasteiger charge is -2.19. The zero-order valence-electron chi connectivity index (χ0n) is 15.1. The van der Waals surface area contributed by atoms with Crippen LogP contribution in [0.3, 0.4) is 0 Å². The van der Waals surface area contributed by atoms with Crippen molar-refractivity contribution in [2.75, 3.05) is 5.32 Å². The summed E-state index contributed by atoms with van der Waals surface area (Å²) in [4.78, 5) is 24.9. The number of halogens is 1. The molecule has 0 radical (unpaired) electrons. The summed E-state index contributed by atoms with van der Waals surface area (Å²) in [5, 5.41) is 5.55. The Labute approximate surface area is 152 Å². The third-order valence-electron chi connectivity index (χ3n) is 3.60. The molecule has 2 N–H and O–H groups in total. The number of carbonyl (C=O) groups excluding carboxylic acids is 2. The fourth-order valence-corrected chi connectivity index (χ4v) is 2.34. The van der Waals surface area contributed by atoms with Gasteiger partial charge in [-0.15, -0.1) is 0 Å². The number of ether oxygens (including phenoxy) is 1. The second-order valence-electron chi connectivity index (χ2n) is 6.13. The molecule has 2 aromatic carbocycles. The Bertz CT molecular complexity index is 760. The van der Waals surface area contributed by atoms with Gasteiger partial charge in [-0.3, -0.25) is 9.59 Å². The highest BCUT2D eigenvalue weighted by Gasteiger charge is 2.21. The minimum Gasteiger partial charge on any atom is -0.481 e. The number of nitrogens with one attached hydrogen (secondary N) is 2. The molecular weight excluding hydrogens is 335 g/mol. The lowest BCUT2D eigenvalue weighted by molar-refractivity contribution is -0.122. The fraction of sp³-hybridized carbons (Fsp3) is 0.300. The molecule has 0 aliphatic rings. The van der Waals surface area contributed by atoms with Gasteiger partial charge in [-0.25, -0.2) is 4.39 Å². The van der Waals surface area contributed by atoms with E-state index in [0.717, 1.165) is 0 Å². The average molecular weight is 358 g/mol. The van der Waals surface area contributed by atoms with E-state index in [2.05, 4.69) is 10.6 Å². The minimum atomic E-state index is -0.762. The molecule has 0 aliphatic carbocycles. The Morgan fingerprint density at radius 2 is 1.73 bits per heavy atom. The van der Waals surface area contributed by atoms with Gasteiger partial charge in [0.25, 0.3) is 11.8 Å². The van der Waals surface area contributed by atoms with Crippen molar-refractivity contribution >= 4 is 17.5 Å². The second kappa shape index (κ2) is 8.99. The molecule has 0 saturated carbocycles. The first-order valence-corrected chi connectivity index (χ1v) is 8.53. The van der Waals surface area contributed by atoms with Crippen LogP contribution in [-0.2, 0) is 4.79 Å². The van der Waals surface area contributed by atoms with Gasteiger partial charge in [0, 0.05) is 6.04 Å². The van der Waals surface area contributed by atoms with Crippen molar-refractivity contribution in [2.24, 2.45) is 0 Å². The van der Waals surface area contributed by atoms with E-state index in [1.807, 2.05) is 20.8 Å². The fourth-order valence-electron chi connectivity index (χ4n) is 2.34. The molecule has 2 aromatic rings. The van der Waals surface area contributed by atoms with E-state index >= 15 is 0 Å². The quantitative estimate of drug-likeness (QED) is 0.792. The highest BCUT2D eigenvalue weighted by atomic mass is 19.1. The van der Waals surface area contributed by atoms with E-state index in [0.29, 0.717) is 23.4 Å². The molecule has 26 heavy (non-hydrogen) atoms. The molecule has 0 spiro atoms. The molecule has 2 rings (SSSR count). The summed E-state index contributed by atoms with van der Waals surface area (Å²) in [6.45, 7) is 5.54. The molecule has 5 nitrogen and oxygen atoms in total. The first-order chi connectivity index (χ1) is 12.4. The van der Waals surface area contributed by atoms with Crippen molar-refractivity contribution in [3.8, 4) is 5.75 Å². The summed E-state index contributed by atoms with van der Waals surface area (Å²) < 4.78 is 18.6. The van der Waals surface area contributed by atoms with E-state index in [9.17, 15) is 14.0 Å². The Balaban J connectivity index is 2.12. The van der Waals surface area contributed by atoms with Crippen LogP contribution in [0.1, 0.15) is 37.6 Å². The van der Waals surface area contributed by atoms with Gasteiger partial charge in [0.05, 0.1) is 11.3 Å². The number of hydrogen-bond acceptors (Lipinski definition) is 3. The van der Waals surface area contributed by atoms with Crippen molar-refractivity contribution in [1.82, 2.24) is 5.32 Å². The van der Waals surface area contributed by atoms with E-state index in [1.54, 1.807) is 24.3 Å². The van der Waals surface area contributed by atoms with E-state index < -0.39 is 6.10 Å². The molecule has 0 saturated heterocycles. The summed E-state index contributed by atoms with van der Waals surface area (Å²) in [6, 6.07) is 12.2. The van der Waals surface area contributed by atoms with Gasteiger partial charge in [0.2, 0.25) is 0 Å². The lowest BCUT2D eigenvalue weighted by atomic mass is 10.1. The first kappa shape index (κ1) is 19.4. The first-order valence-electron chi connectivity index (χ1n) is 8.53. The molecule has 0 fully saturated rings. The van der Waals surface area contributed by atoms with Crippen LogP contribution in [0.5, 0.6) is 5.75 Å². The molecule has 0 unspecified atom stereocenters. The Morgan fingerprint density at radius 1 is 1.08 bits per heavy atom. The molecular formula is C20H23FN2O3. The van der Waals surface area contributed by atoms with Gasteiger partial charge in [-0.1, -0.05) is 19.1 Å². The highest BCUT2D eigenvalue weighted by molar-refractivity contribution is 6.04. The maximum atomic E-state index is 13.0. The molecule has 0 aromatic heterocycles. The van der Waals surface area contributed by atoms with Crippen LogP contribution in [0.15, 0.2) is 48.5 Å². The topological polar surface area (TPSA) is 67.4 Å². The van der Waals surface area contributed by atoms with Crippen LogP contribution >= 0.6 is 0 Å². The molecule has 6 heteroatoms. The summed E-state index contributed by atoms with van der Waals surface area (Å²) >= 11 is 0. The van der Waals surface area contributed by atoms with Crippen LogP contribution in [0.25, 0.3) is 0 Å². The number of hydrogen-bond donors (Lipinski definition) is 2. The van der Waals surface area contributed by atoms with Crippen molar-refractivity contribution in [2.45, 2.75) is 39.3 Å². The largest absolute Gasteiger partial charge is 0.481 e. The zero-order valence-corrected chi connectivity index (χ0v) is 15.1. The van der Waals surface area contributed by atoms with Crippen molar-refractivity contribution in [3.05, 3.63) is 59.9 Å². The Hall–Kier alpha value is -2.89. The van der Waals surface area contributed by atoms with Gasteiger partial charge >= 0.3 is 0 Å². The number of para-hydroxylation sites is 1. The van der Waals surface area contributed by atoms with E-state index in [-0.39, 0.29) is 23.7 Å². The normalized spacial score (nSPS) is 11.7. The maximum absolute atomic E-state index is 13.0. The number of carbonyl (C=O) groups is 2.